The maximum Gasteiger partial charge on any atom is 0.420 e. The third-order valence-corrected chi connectivity index (χ3v) is 3.22. The van der Waals surface area contributed by atoms with Crippen LogP contribution in [0.5, 0.6) is 11.5 Å². The van der Waals surface area contributed by atoms with Gasteiger partial charge in [0, 0.05) is 11.4 Å². The van der Waals surface area contributed by atoms with Gasteiger partial charge in [0.25, 0.3) is 0 Å². The number of nitrogen functional groups attached to an aromatic ring is 2. The summed E-state index contributed by atoms with van der Waals surface area (Å²) in [7, 11) is 0. The molecule has 0 spiro atoms. The van der Waals surface area contributed by atoms with E-state index in [1.165, 1.54) is 12.1 Å². The van der Waals surface area contributed by atoms with Gasteiger partial charge >= 0.3 is 12.4 Å². The summed E-state index contributed by atoms with van der Waals surface area (Å²) < 4.78 is 87.5. The van der Waals surface area contributed by atoms with Gasteiger partial charge in [0.15, 0.2) is 0 Å². The van der Waals surface area contributed by atoms with Gasteiger partial charge in [0.2, 0.25) is 0 Å². The Morgan fingerprint density at radius 3 is 1.31 bits per heavy atom. The average Bonchev–Trinajstić information content (AvgIpc) is 2.52. The molecule has 0 aromatic heterocycles. The molecule has 0 aliphatic heterocycles. The van der Waals surface area contributed by atoms with Crippen molar-refractivity contribution in [2.24, 2.45) is 0 Å². The zero-order valence-electron chi connectivity index (χ0n) is 13.1. The number of hydrogen-bond donors (Lipinski definition) is 2. The number of ether oxygens (including phenoxy) is 2. The second kappa shape index (κ2) is 7.22. The molecule has 0 unspecified atom stereocenters. The number of halogens is 6. The van der Waals surface area contributed by atoms with Gasteiger partial charge in [-0.15, -0.1) is 0 Å². The molecule has 4 N–H and O–H groups in total. The Labute approximate surface area is 144 Å². The Morgan fingerprint density at radius 1 is 0.654 bits per heavy atom. The molecule has 26 heavy (non-hydrogen) atoms. The van der Waals surface area contributed by atoms with Crippen LogP contribution in [0.2, 0.25) is 0 Å². The first-order valence-corrected chi connectivity index (χ1v) is 7.17. The lowest BCUT2D eigenvalue weighted by Gasteiger charge is -2.16. The molecule has 0 saturated carbocycles. The van der Waals surface area contributed by atoms with Crippen molar-refractivity contribution in [3.63, 3.8) is 0 Å². The van der Waals surface area contributed by atoms with Crippen molar-refractivity contribution in [2.75, 3.05) is 24.7 Å². The predicted octanol–water partition coefficient (Wildman–Crippen LogP) is 4.35. The van der Waals surface area contributed by atoms with E-state index in [4.69, 9.17) is 20.9 Å². The van der Waals surface area contributed by atoms with Crippen LogP contribution in [0.3, 0.4) is 0 Å². The summed E-state index contributed by atoms with van der Waals surface area (Å²) >= 11 is 0. The van der Waals surface area contributed by atoms with E-state index in [1.54, 1.807) is 0 Å². The first kappa shape index (κ1) is 19.5. The minimum absolute atomic E-state index is 0.0994. The Balaban J connectivity index is 2.05. The standard InChI is InChI=1S/C16H14F6N2O2/c17-15(18,19)11-7-9(23)1-3-13(11)25-5-6-26-14-4-2-10(24)8-12(14)16(20,21)22/h1-4,7-8H,5-6,23-24H2. The van der Waals surface area contributed by atoms with E-state index < -0.39 is 48.2 Å². The lowest BCUT2D eigenvalue weighted by Crippen LogP contribution is -2.15. The molecule has 0 bridgehead atoms. The molecule has 2 aromatic rings. The second-order valence-electron chi connectivity index (χ2n) is 5.20. The number of rotatable bonds is 5. The highest BCUT2D eigenvalue weighted by Gasteiger charge is 2.35. The minimum Gasteiger partial charge on any atom is -0.489 e. The van der Waals surface area contributed by atoms with Gasteiger partial charge in [-0.25, -0.2) is 0 Å². The molecule has 2 aromatic carbocycles. The molecule has 0 radical (unpaired) electrons. The lowest BCUT2D eigenvalue weighted by atomic mass is 10.1. The summed E-state index contributed by atoms with van der Waals surface area (Å²) in [5, 5.41) is 0. The largest absolute Gasteiger partial charge is 0.489 e. The van der Waals surface area contributed by atoms with Crippen LogP contribution in [0.4, 0.5) is 37.7 Å². The third kappa shape index (κ3) is 4.87. The van der Waals surface area contributed by atoms with E-state index in [0.29, 0.717) is 12.1 Å². The van der Waals surface area contributed by atoms with Gasteiger partial charge in [-0.3, -0.25) is 0 Å². The van der Waals surface area contributed by atoms with E-state index in [2.05, 4.69) is 0 Å². The summed E-state index contributed by atoms with van der Waals surface area (Å²) in [5.74, 6) is -0.993. The van der Waals surface area contributed by atoms with Crippen LogP contribution in [0.15, 0.2) is 36.4 Å². The molecule has 0 fully saturated rings. The van der Waals surface area contributed by atoms with Crippen LogP contribution < -0.4 is 20.9 Å². The molecule has 142 valence electrons. The molecule has 0 amide bonds. The summed E-state index contributed by atoms with van der Waals surface area (Å²) in [6.07, 6.45) is -9.38. The summed E-state index contributed by atoms with van der Waals surface area (Å²) in [6.45, 7) is -0.816. The SMILES string of the molecule is Nc1ccc(OCCOc2ccc(N)cc2C(F)(F)F)c(C(F)(F)F)c1. The first-order valence-electron chi connectivity index (χ1n) is 7.17. The van der Waals surface area contributed by atoms with Crippen LogP contribution in [0, 0.1) is 0 Å². The Hall–Kier alpha value is -2.78. The zero-order chi connectivity index (χ0) is 19.5. The number of anilines is 2. The molecule has 0 saturated heterocycles. The Morgan fingerprint density at radius 2 is 1.00 bits per heavy atom. The topological polar surface area (TPSA) is 70.5 Å². The highest BCUT2D eigenvalue weighted by Crippen LogP contribution is 2.38. The molecule has 0 aliphatic carbocycles. The van der Waals surface area contributed by atoms with Gasteiger partial charge in [-0.2, -0.15) is 26.3 Å². The van der Waals surface area contributed by atoms with E-state index >= 15 is 0 Å². The maximum absolute atomic E-state index is 12.9. The van der Waals surface area contributed by atoms with E-state index in [0.717, 1.165) is 12.1 Å². The van der Waals surface area contributed by atoms with Gasteiger partial charge in [-0.1, -0.05) is 0 Å². The summed E-state index contributed by atoms with van der Waals surface area (Å²) in [6, 6.07) is 5.90. The highest BCUT2D eigenvalue weighted by atomic mass is 19.4. The van der Waals surface area contributed by atoms with Crippen molar-refractivity contribution >= 4 is 11.4 Å². The second-order valence-corrected chi connectivity index (χ2v) is 5.20. The fraction of sp³-hybridized carbons (Fsp3) is 0.250. The number of alkyl halides is 6. The maximum atomic E-state index is 12.9. The molecular formula is C16H14F6N2O2. The van der Waals surface area contributed by atoms with Crippen molar-refractivity contribution in [1.82, 2.24) is 0 Å². The molecule has 0 aliphatic rings. The van der Waals surface area contributed by atoms with Crippen molar-refractivity contribution < 1.29 is 35.8 Å². The number of benzene rings is 2. The molecule has 4 nitrogen and oxygen atoms in total. The van der Waals surface area contributed by atoms with Gasteiger partial charge in [-0.05, 0) is 36.4 Å². The average molecular weight is 380 g/mol. The molecule has 10 heteroatoms. The fourth-order valence-electron chi connectivity index (χ4n) is 2.09. The van der Waals surface area contributed by atoms with Crippen molar-refractivity contribution in [2.45, 2.75) is 12.4 Å². The molecule has 0 atom stereocenters. The smallest absolute Gasteiger partial charge is 0.420 e. The van der Waals surface area contributed by atoms with Crippen molar-refractivity contribution in [3.05, 3.63) is 47.5 Å². The molecule has 0 heterocycles. The highest BCUT2D eigenvalue weighted by molar-refractivity contribution is 5.50. The van der Waals surface area contributed by atoms with Crippen LogP contribution in [-0.4, -0.2) is 13.2 Å². The van der Waals surface area contributed by atoms with E-state index in [-0.39, 0.29) is 11.4 Å². The molecular weight excluding hydrogens is 366 g/mol. The summed E-state index contributed by atoms with van der Waals surface area (Å²) in [4.78, 5) is 0. The monoisotopic (exact) mass is 380 g/mol. The van der Waals surface area contributed by atoms with Gasteiger partial charge < -0.3 is 20.9 Å². The van der Waals surface area contributed by atoms with Crippen LogP contribution >= 0.6 is 0 Å². The van der Waals surface area contributed by atoms with Gasteiger partial charge in [0.1, 0.15) is 24.7 Å². The Kier molecular flexibility index (Phi) is 5.43. The first-order chi connectivity index (χ1) is 12.0. The minimum atomic E-state index is -4.69. The zero-order valence-corrected chi connectivity index (χ0v) is 13.1. The number of hydrogen-bond acceptors (Lipinski definition) is 4. The lowest BCUT2D eigenvalue weighted by molar-refractivity contribution is -0.140. The quantitative estimate of drug-likeness (QED) is 0.460. The normalized spacial score (nSPS) is 12.1. The molecule has 2 rings (SSSR count). The van der Waals surface area contributed by atoms with E-state index in [9.17, 15) is 26.3 Å². The van der Waals surface area contributed by atoms with Gasteiger partial charge in [0.05, 0.1) is 11.1 Å². The Bertz CT molecular complexity index is 709. The number of nitrogens with two attached hydrogens (primary N) is 2. The van der Waals surface area contributed by atoms with E-state index in [1.807, 2.05) is 0 Å². The van der Waals surface area contributed by atoms with Crippen molar-refractivity contribution in [1.29, 1.82) is 0 Å². The van der Waals surface area contributed by atoms with Crippen LogP contribution in [0.1, 0.15) is 11.1 Å². The summed E-state index contributed by atoms with van der Waals surface area (Å²) in [5.41, 5.74) is 8.29. The van der Waals surface area contributed by atoms with Crippen LogP contribution in [-0.2, 0) is 12.4 Å². The predicted molar refractivity (Wildman–Crippen MR) is 82.7 cm³/mol. The third-order valence-electron chi connectivity index (χ3n) is 3.22. The van der Waals surface area contributed by atoms with Crippen molar-refractivity contribution in [3.8, 4) is 11.5 Å². The van der Waals surface area contributed by atoms with Crippen LogP contribution in [0.25, 0.3) is 0 Å². The fourth-order valence-corrected chi connectivity index (χ4v) is 2.09.